The zero-order valence-corrected chi connectivity index (χ0v) is 11.4. The highest BCUT2D eigenvalue weighted by Crippen LogP contribution is 2.19. The average Bonchev–Trinajstić information content (AvgIpc) is 2.37. The molecule has 1 aromatic carbocycles. The molecule has 6 heteroatoms. The van der Waals surface area contributed by atoms with E-state index >= 15 is 0 Å². The van der Waals surface area contributed by atoms with E-state index in [9.17, 15) is 18.4 Å². The third kappa shape index (κ3) is 2.64. The van der Waals surface area contributed by atoms with Crippen molar-refractivity contribution < 1.29 is 18.4 Å². The van der Waals surface area contributed by atoms with E-state index in [0.29, 0.717) is 18.7 Å². The van der Waals surface area contributed by atoms with E-state index in [2.05, 4.69) is 5.32 Å². The van der Waals surface area contributed by atoms with E-state index in [-0.39, 0.29) is 18.2 Å². The van der Waals surface area contributed by atoms with Gasteiger partial charge in [0.05, 0.1) is 6.42 Å². The van der Waals surface area contributed by atoms with Crippen LogP contribution >= 0.6 is 0 Å². The van der Waals surface area contributed by atoms with E-state index < -0.39 is 17.2 Å². The lowest BCUT2D eigenvalue weighted by atomic mass is 9.97. The predicted octanol–water partition coefficient (Wildman–Crippen LogP) is 1.24. The van der Waals surface area contributed by atoms with Crippen molar-refractivity contribution in [3.63, 3.8) is 0 Å². The van der Waals surface area contributed by atoms with Gasteiger partial charge in [-0.1, -0.05) is 6.07 Å². The molecule has 1 N–H and O–H groups in total. The number of amides is 2. The maximum Gasteiger partial charge on any atom is 0.245 e. The van der Waals surface area contributed by atoms with Gasteiger partial charge in [0.2, 0.25) is 11.8 Å². The minimum absolute atomic E-state index is 0.0616. The molecule has 0 saturated carbocycles. The van der Waals surface area contributed by atoms with Gasteiger partial charge in [0, 0.05) is 13.1 Å². The number of benzene rings is 1. The highest BCUT2D eigenvalue weighted by Gasteiger charge is 2.40. The highest BCUT2D eigenvalue weighted by molar-refractivity contribution is 5.92. The summed E-state index contributed by atoms with van der Waals surface area (Å²) in [5.74, 6) is -2.43. The van der Waals surface area contributed by atoms with Crippen molar-refractivity contribution in [1.29, 1.82) is 0 Å². The van der Waals surface area contributed by atoms with Gasteiger partial charge < -0.3 is 10.2 Å². The van der Waals surface area contributed by atoms with Crippen LogP contribution in [-0.4, -0.2) is 35.3 Å². The minimum atomic E-state index is -0.981. The topological polar surface area (TPSA) is 49.4 Å². The van der Waals surface area contributed by atoms with Crippen molar-refractivity contribution in [3.05, 3.63) is 35.4 Å². The fraction of sp³-hybridized carbons (Fsp3) is 0.429. The van der Waals surface area contributed by atoms with Crippen LogP contribution in [0.15, 0.2) is 18.2 Å². The quantitative estimate of drug-likeness (QED) is 0.887. The summed E-state index contributed by atoms with van der Waals surface area (Å²) in [5.41, 5.74) is -0.552. The Morgan fingerprint density at radius 3 is 2.70 bits per heavy atom. The molecule has 4 nitrogen and oxygen atoms in total. The molecule has 108 valence electrons. The van der Waals surface area contributed by atoms with Crippen molar-refractivity contribution >= 4 is 11.8 Å². The molecular weight excluding hydrogens is 266 g/mol. The lowest BCUT2D eigenvalue weighted by Crippen LogP contribution is -2.63. The fourth-order valence-corrected chi connectivity index (χ4v) is 2.26. The van der Waals surface area contributed by atoms with Crippen LogP contribution in [0.25, 0.3) is 0 Å². The molecule has 0 radical (unpaired) electrons. The zero-order chi connectivity index (χ0) is 14.9. The molecule has 2 rings (SSSR count). The molecule has 1 aliphatic rings. The summed E-state index contributed by atoms with van der Waals surface area (Å²) in [6.45, 7) is 4.11. The van der Waals surface area contributed by atoms with Gasteiger partial charge in [-0.2, -0.15) is 0 Å². The Balaban J connectivity index is 2.15. The van der Waals surface area contributed by atoms with Crippen molar-refractivity contribution in [2.45, 2.75) is 25.8 Å². The molecule has 0 bridgehead atoms. The molecular formula is C14H16F2N2O2. The first-order valence-electron chi connectivity index (χ1n) is 6.35. The van der Waals surface area contributed by atoms with Crippen LogP contribution in [0, 0.1) is 11.6 Å². The van der Waals surface area contributed by atoms with Gasteiger partial charge >= 0.3 is 0 Å². The predicted molar refractivity (Wildman–Crippen MR) is 68.9 cm³/mol. The van der Waals surface area contributed by atoms with Crippen LogP contribution in [0.4, 0.5) is 8.78 Å². The molecule has 2 amide bonds. The Kier molecular flexibility index (Phi) is 3.74. The highest BCUT2D eigenvalue weighted by atomic mass is 19.2. The summed E-state index contributed by atoms with van der Waals surface area (Å²) in [6.07, 6.45) is -0.0616. The molecule has 0 atom stereocenters. The Morgan fingerprint density at radius 1 is 1.35 bits per heavy atom. The van der Waals surface area contributed by atoms with Gasteiger partial charge in [-0.3, -0.25) is 9.59 Å². The molecule has 1 heterocycles. The summed E-state index contributed by atoms with van der Waals surface area (Å²) in [7, 11) is 0. The maximum absolute atomic E-state index is 13.1. The Bertz CT molecular complexity index is 558. The molecule has 1 aromatic rings. The van der Waals surface area contributed by atoms with Gasteiger partial charge in [-0.05, 0) is 31.5 Å². The Morgan fingerprint density at radius 2 is 2.05 bits per heavy atom. The number of nitrogens with zero attached hydrogens (tertiary/aromatic N) is 1. The van der Waals surface area contributed by atoms with Gasteiger partial charge in [0.25, 0.3) is 0 Å². The first kappa shape index (κ1) is 14.4. The van der Waals surface area contributed by atoms with Crippen LogP contribution in [0.1, 0.15) is 19.4 Å². The van der Waals surface area contributed by atoms with Gasteiger partial charge in [0.15, 0.2) is 11.6 Å². The summed E-state index contributed by atoms with van der Waals surface area (Å²) < 4.78 is 26.0. The second kappa shape index (κ2) is 5.19. The van der Waals surface area contributed by atoms with E-state index in [1.165, 1.54) is 11.0 Å². The summed E-state index contributed by atoms with van der Waals surface area (Å²) in [6, 6.07) is 3.36. The van der Waals surface area contributed by atoms with E-state index in [4.69, 9.17) is 0 Å². The number of hydrogen-bond acceptors (Lipinski definition) is 2. The van der Waals surface area contributed by atoms with Crippen LogP contribution in [0.5, 0.6) is 0 Å². The van der Waals surface area contributed by atoms with Gasteiger partial charge in [-0.15, -0.1) is 0 Å². The van der Waals surface area contributed by atoms with Crippen molar-refractivity contribution in [2.75, 3.05) is 13.1 Å². The standard InChI is InChI=1S/C14H16F2N2O2/c1-14(2)13(20)17-5-6-18(14)12(19)8-9-3-4-10(15)11(16)7-9/h3-4,7H,5-6,8H2,1-2H3,(H,17,20). The number of hydrogen-bond donors (Lipinski definition) is 1. The summed E-state index contributed by atoms with van der Waals surface area (Å²) in [4.78, 5) is 25.5. The van der Waals surface area contributed by atoms with Gasteiger partial charge in [0.1, 0.15) is 5.54 Å². The molecule has 1 aliphatic heterocycles. The van der Waals surface area contributed by atoms with Crippen LogP contribution in [-0.2, 0) is 16.0 Å². The number of carbonyl (C=O) groups is 2. The molecule has 0 spiro atoms. The van der Waals surface area contributed by atoms with E-state index in [1.807, 2.05) is 0 Å². The van der Waals surface area contributed by atoms with Crippen molar-refractivity contribution in [1.82, 2.24) is 10.2 Å². The van der Waals surface area contributed by atoms with Crippen LogP contribution in [0.2, 0.25) is 0 Å². The Hall–Kier alpha value is -1.98. The molecule has 0 aliphatic carbocycles. The third-order valence-corrected chi connectivity index (χ3v) is 3.49. The lowest BCUT2D eigenvalue weighted by molar-refractivity contribution is -0.148. The van der Waals surface area contributed by atoms with Crippen LogP contribution in [0.3, 0.4) is 0 Å². The third-order valence-electron chi connectivity index (χ3n) is 3.49. The first-order chi connectivity index (χ1) is 9.32. The SMILES string of the molecule is CC1(C)C(=O)NCCN1C(=O)Cc1ccc(F)c(F)c1. The average molecular weight is 282 g/mol. The number of piperazine rings is 1. The fourth-order valence-electron chi connectivity index (χ4n) is 2.26. The zero-order valence-electron chi connectivity index (χ0n) is 11.4. The van der Waals surface area contributed by atoms with Crippen LogP contribution < -0.4 is 5.32 Å². The number of rotatable bonds is 2. The first-order valence-corrected chi connectivity index (χ1v) is 6.35. The lowest BCUT2D eigenvalue weighted by Gasteiger charge is -2.41. The Labute approximate surface area is 115 Å². The maximum atomic E-state index is 13.1. The second-order valence-corrected chi connectivity index (χ2v) is 5.29. The summed E-state index contributed by atoms with van der Waals surface area (Å²) in [5, 5.41) is 2.70. The number of carbonyl (C=O) groups excluding carboxylic acids is 2. The monoisotopic (exact) mass is 282 g/mol. The summed E-state index contributed by atoms with van der Waals surface area (Å²) >= 11 is 0. The molecule has 1 fully saturated rings. The van der Waals surface area contributed by atoms with E-state index in [1.54, 1.807) is 13.8 Å². The van der Waals surface area contributed by atoms with Gasteiger partial charge in [-0.25, -0.2) is 8.78 Å². The minimum Gasteiger partial charge on any atom is -0.352 e. The largest absolute Gasteiger partial charge is 0.352 e. The molecule has 0 aromatic heterocycles. The molecule has 0 unspecified atom stereocenters. The van der Waals surface area contributed by atoms with Crippen molar-refractivity contribution in [3.8, 4) is 0 Å². The molecule has 1 saturated heterocycles. The molecule has 20 heavy (non-hydrogen) atoms. The smallest absolute Gasteiger partial charge is 0.245 e. The number of halogens is 2. The second-order valence-electron chi connectivity index (χ2n) is 5.29. The normalized spacial score (nSPS) is 17.8. The van der Waals surface area contributed by atoms with E-state index in [0.717, 1.165) is 12.1 Å². The number of nitrogens with one attached hydrogen (secondary N) is 1. The van der Waals surface area contributed by atoms with Crippen molar-refractivity contribution in [2.24, 2.45) is 0 Å².